The molecule has 134 valence electrons. The lowest BCUT2D eigenvalue weighted by Gasteiger charge is -2.15. The van der Waals surface area contributed by atoms with Gasteiger partial charge in [0.2, 0.25) is 5.91 Å². The first-order valence-electron chi connectivity index (χ1n) is 8.48. The number of hydrogen-bond donors (Lipinski definition) is 0. The maximum Gasteiger partial charge on any atom is 0.227 e. The molecule has 0 atom stereocenters. The van der Waals surface area contributed by atoms with Gasteiger partial charge >= 0.3 is 0 Å². The SMILES string of the molecule is COc1cccc(C=CC(=O)c2ccc(N3CCCC3=O)cc2)c1OC. The summed E-state index contributed by atoms with van der Waals surface area (Å²) >= 11 is 0. The fraction of sp³-hybridized carbons (Fsp3) is 0.238. The van der Waals surface area contributed by atoms with E-state index in [1.54, 1.807) is 43.4 Å². The van der Waals surface area contributed by atoms with Crippen molar-refractivity contribution in [2.75, 3.05) is 25.7 Å². The normalized spacial score (nSPS) is 14.1. The van der Waals surface area contributed by atoms with E-state index in [1.165, 1.54) is 6.08 Å². The van der Waals surface area contributed by atoms with Crippen molar-refractivity contribution in [3.63, 3.8) is 0 Å². The van der Waals surface area contributed by atoms with E-state index in [-0.39, 0.29) is 11.7 Å². The second kappa shape index (κ2) is 7.87. The second-order valence-electron chi connectivity index (χ2n) is 5.98. The van der Waals surface area contributed by atoms with Gasteiger partial charge in [0.05, 0.1) is 14.2 Å². The highest BCUT2D eigenvalue weighted by molar-refractivity contribution is 6.07. The zero-order chi connectivity index (χ0) is 18.5. The first-order valence-corrected chi connectivity index (χ1v) is 8.48. The Kier molecular flexibility index (Phi) is 5.37. The second-order valence-corrected chi connectivity index (χ2v) is 5.98. The molecule has 2 aromatic rings. The van der Waals surface area contributed by atoms with Crippen LogP contribution in [0, 0.1) is 0 Å². The number of anilines is 1. The molecule has 0 saturated carbocycles. The molecule has 0 spiro atoms. The van der Waals surface area contributed by atoms with Crippen molar-refractivity contribution >= 4 is 23.5 Å². The summed E-state index contributed by atoms with van der Waals surface area (Å²) in [6.07, 6.45) is 4.69. The van der Waals surface area contributed by atoms with Crippen molar-refractivity contribution in [2.45, 2.75) is 12.8 Å². The summed E-state index contributed by atoms with van der Waals surface area (Å²) < 4.78 is 10.6. The molecule has 3 rings (SSSR count). The summed E-state index contributed by atoms with van der Waals surface area (Å²) in [4.78, 5) is 26.0. The lowest BCUT2D eigenvalue weighted by atomic mass is 10.1. The summed E-state index contributed by atoms with van der Waals surface area (Å²) in [7, 11) is 3.14. The van der Waals surface area contributed by atoms with Crippen LogP contribution in [0.2, 0.25) is 0 Å². The Morgan fingerprint density at radius 2 is 1.85 bits per heavy atom. The Labute approximate surface area is 152 Å². The summed E-state index contributed by atoms with van der Waals surface area (Å²) in [6.45, 7) is 0.738. The quantitative estimate of drug-likeness (QED) is 0.588. The minimum atomic E-state index is -0.117. The van der Waals surface area contributed by atoms with Gasteiger partial charge in [-0.3, -0.25) is 9.59 Å². The van der Waals surface area contributed by atoms with Crippen molar-refractivity contribution in [1.29, 1.82) is 0 Å². The van der Waals surface area contributed by atoms with E-state index in [1.807, 2.05) is 24.3 Å². The van der Waals surface area contributed by atoms with Gasteiger partial charge in [-0.05, 0) is 48.9 Å². The van der Waals surface area contributed by atoms with Crippen LogP contribution in [-0.4, -0.2) is 32.5 Å². The van der Waals surface area contributed by atoms with Crippen LogP contribution in [0.3, 0.4) is 0 Å². The minimum Gasteiger partial charge on any atom is -0.493 e. The van der Waals surface area contributed by atoms with E-state index in [0.717, 1.165) is 24.2 Å². The molecule has 26 heavy (non-hydrogen) atoms. The van der Waals surface area contributed by atoms with E-state index in [4.69, 9.17) is 9.47 Å². The molecule has 1 amide bonds. The van der Waals surface area contributed by atoms with Crippen LogP contribution >= 0.6 is 0 Å². The fourth-order valence-electron chi connectivity index (χ4n) is 3.03. The van der Waals surface area contributed by atoms with Crippen LogP contribution in [0.25, 0.3) is 6.08 Å². The van der Waals surface area contributed by atoms with E-state index < -0.39 is 0 Å². The van der Waals surface area contributed by atoms with E-state index in [9.17, 15) is 9.59 Å². The number of amides is 1. The van der Waals surface area contributed by atoms with Crippen molar-refractivity contribution in [3.05, 3.63) is 59.7 Å². The number of ether oxygens (including phenoxy) is 2. The Hall–Kier alpha value is -3.08. The molecule has 1 fully saturated rings. The number of benzene rings is 2. The maximum absolute atomic E-state index is 12.4. The number of nitrogens with zero attached hydrogens (tertiary/aromatic N) is 1. The molecule has 1 aliphatic rings. The van der Waals surface area contributed by atoms with Gasteiger partial charge in [0.15, 0.2) is 17.3 Å². The number of para-hydroxylation sites is 1. The van der Waals surface area contributed by atoms with Gasteiger partial charge < -0.3 is 14.4 Å². The lowest BCUT2D eigenvalue weighted by Crippen LogP contribution is -2.23. The van der Waals surface area contributed by atoms with Gasteiger partial charge in [-0.2, -0.15) is 0 Å². The summed E-state index contributed by atoms with van der Waals surface area (Å²) in [5.74, 6) is 1.21. The molecule has 0 bridgehead atoms. The fourth-order valence-corrected chi connectivity index (χ4v) is 3.03. The van der Waals surface area contributed by atoms with Crippen LogP contribution in [0.1, 0.15) is 28.8 Å². The van der Waals surface area contributed by atoms with Crippen LogP contribution in [0.15, 0.2) is 48.5 Å². The van der Waals surface area contributed by atoms with Gasteiger partial charge in [0.1, 0.15) is 0 Å². The first kappa shape index (κ1) is 17.7. The predicted molar refractivity (Wildman–Crippen MR) is 101 cm³/mol. The maximum atomic E-state index is 12.4. The molecule has 0 radical (unpaired) electrons. The first-order chi connectivity index (χ1) is 12.6. The van der Waals surface area contributed by atoms with Crippen LogP contribution in [0.5, 0.6) is 11.5 Å². The van der Waals surface area contributed by atoms with Gasteiger partial charge in [0, 0.05) is 29.8 Å². The smallest absolute Gasteiger partial charge is 0.227 e. The molecular formula is C21H21NO4. The Morgan fingerprint density at radius 1 is 1.08 bits per heavy atom. The van der Waals surface area contributed by atoms with Gasteiger partial charge in [-0.25, -0.2) is 0 Å². The summed E-state index contributed by atoms with van der Waals surface area (Å²) in [5, 5.41) is 0. The molecule has 5 heteroatoms. The highest BCUT2D eigenvalue weighted by Crippen LogP contribution is 2.31. The van der Waals surface area contributed by atoms with Gasteiger partial charge in [-0.1, -0.05) is 12.1 Å². The van der Waals surface area contributed by atoms with Gasteiger partial charge in [0.25, 0.3) is 0 Å². The number of ketones is 1. The van der Waals surface area contributed by atoms with Crippen LogP contribution in [0.4, 0.5) is 5.69 Å². The van der Waals surface area contributed by atoms with Crippen molar-refractivity contribution < 1.29 is 19.1 Å². The third kappa shape index (κ3) is 3.61. The molecule has 1 saturated heterocycles. The zero-order valence-corrected chi connectivity index (χ0v) is 14.9. The summed E-state index contributed by atoms with van der Waals surface area (Å²) in [6, 6.07) is 12.6. The van der Waals surface area contributed by atoms with E-state index in [0.29, 0.717) is 23.5 Å². The van der Waals surface area contributed by atoms with Gasteiger partial charge in [-0.15, -0.1) is 0 Å². The Morgan fingerprint density at radius 3 is 2.46 bits per heavy atom. The molecule has 0 aliphatic carbocycles. The molecule has 0 N–H and O–H groups in total. The minimum absolute atomic E-state index is 0.117. The highest BCUT2D eigenvalue weighted by atomic mass is 16.5. The number of carbonyl (C=O) groups excluding carboxylic acids is 2. The molecule has 2 aromatic carbocycles. The number of methoxy groups -OCH3 is 2. The molecule has 0 unspecified atom stereocenters. The van der Waals surface area contributed by atoms with Crippen LogP contribution < -0.4 is 14.4 Å². The average Bonchev–Trinajstić information content (AvgIpc) is 3.11. The molecule has 0 aromatic heterocycles. The molecule has 1 heterocycles. The third-order valence-corrected chi connectivity index (χ3v) is 4.38. The lowest BCUT2D eigenvalue weighted by molar-refractivity contribution is -0.117. The third-order valence-electron chi connectivity index (χ3n) is 4.38. The predicted octanol–water partition coefficient (Wildman–Crippen LogP) is 3.73. The molecular weight excluding hydrogens is 330 g/mol. The van der Waals surface area contributed by atoms with E-state index >= 15 is 0 Å². The number of hydrogen-bond acceptors (Lipinski definition) is 4. The topological polar surface area (TPSA) is 55.8 Å². The molecule has 5 nitrogen and oxygen atoms in total. The molecule has 1 aliphatic heterocycles. The number of allylic oxidation sites excluding steroid dienone is 1. The zero-order valence-electron chi connectivity index (χ0n) is 14.9. The largest absolute Gasteiger partial charge is 0.493 e. The van der Waals surface area contributed by atoms with Crippen molar-refractivity contribution in [3.8, 4) is 11.5 Å². The monoisotopic (exact) mass is 351 g/mol. The van der Waals surface area contributed by atoms with E-state index in [2.05, 4.69) is 0 Å². The average molecular weight is 351 g/mol. The summed E-state index contributed by atoms with van der Waals surface area (Å²) in [5.41, 5.74) is 2.17. The number of carbonyl (C=O) groups is 2. The number of rotatable bonds is 6. The van der Waals surface area contributed by atoms with Crippen molar-refractivity contribution in [1.82, 2.24) is 0 Å². The van der Waals surface area contributed by atoms with Crippen molar-refractivity contribution in [2.24, 2.45) is 0 Å². The Bertz CT molecular complexity index is 840. The highest BCUT2D eigenvalue weighted by Gasteiger charge is 2.21. The van der Waals surface area contributed by atoms with Crippen LogP contribution in [-0.2, 0) is 4.79 Å². The standard InChI is InChI=1S/C21H21NO4/c1-25-19-6-3-5-16(21(19)26-2)10-13-18(23)15-8-11-17(12-9-15)22-14-4-7-20(22)24/h3,5-6,8-13H,4,7,14H2,1-2H3. The Balaban J connectivity index is 1.76.